The van der Waals surface area contributed by atoms with Crippen LogP contribution in [0.3, 0.4) is 0 Å². The Bertz CT molecular complexity index is 770. The van der Waals surface area contributed by atoms with Crippen molar-refractivity contribution in [2.75, 3.05) is 11.9 Å². The summed E-state index contributed by atoms with van der Waals surface area (Å²) >= 11 is 0. The van der Waals surface area contributed by atoms with Crippen molar-refractivity contribution in [1.82, 2.24) is 0 Å². The largest absolute Gasteiger partial charge is 0.573 e. The summed E-state index contributed by atoms with van der Waals surface area (Å²) < 4.78 is 47.0. The van der Waals surface area contributed by atoms with E-state index in [0.29, 0.717) is 13.2 Å². The molecule has 0 heterocycles. The van der Waals surface area contributed by atoms with E-state index in [-0.39, 0.29) is 47.9 Å². The minimum atomic E-state index is -4.79. The number of anilines is 1. The number of nitrogens with one attached hydrogen (secondary N) is 1. The number of halogens is 4. The molecule has 0 aliphatic heterocycles. The number of guanidine groups is 1. The van der Waals surface area contributed by atoms with Crippen LogP contribution in [0.1, 0.15) is 24.5 Å². The van der Waals surface area contributed by atoms with Gasteiger partial charge < -0.3 is 20.5 Å². The van der Waals surface area contributed by atoms with Crippen LogP contribution in [0.25, 0.3) is 0 Å². The second kappa shape index (κ2) is 11.7. The second-order valence-electron chi connectivity index (χ2n) is 5.69. The summed E-state index contributed by atoms with van der Waals surface area (Å²) in [7, 11) is 0. The van der Waals surface area contributed by atoms with Crippen LogP contribution in [0.4, 0.5) is 18.9 Å². The molecule has 0 unspecified atom stereocenters. The predicted molar refractivity (Wildman–Crippen MR) is 114 cm³/mol. The van der Waals surface area contributed by atoms with E-state index in [1.807, 2.05) is 31.2 Å². The average molecular weight is 509 g/mol. The van der Waals surface area contributed by atoms with Gasteiger partial charge in [0.2, 0.25) is 0 Å². The standard InChI is InChI=1S/C19H22F3N3O2.HI/c1-2-11-26-13-15-8-4-3-7-14(15)12-24-18(23)25-16-9-5-6-10-17(16)27-19(20,21)22;/h3-10H,2,11-13H2,1H3,(H3,23,24,25);1H. The Morgan fingerprint density at radius 1 is 1.07 bits per heavy atom. The first kappa shape index (κ1) is 24.0. The number of ether oxygens (including phenoxy) is 2. The van der Waals surface area contributed by atoms with Crippen LogP contribution in [0, 0.1) is 0 Å². The minimum Gasteiger partial charge on any atom is -0.404 e. The molecular formula is C19H23F3IN3O2. The lowest BCUT2D eigenvalue weighted by molar-refractivity contribution is -0.274. The van der Waals surface area contributed by atoms with Crippen LogP contribution in [0.5, 0.6) is 5.75 Å². The summed E-state index contributed by atoms with van der Waals surface area (Å²) in [4.78, 5) is 4.21. The van der Waals surface area contributed by atoms with Crippen LogP contribution in [0.2, 0.25) is 0 Å². The number of rotatable bonds is 8. The molecule has 0 bridgehead atoms. The topological polar surface area (TPSA) is 68.9 Å². The molecule has 0 atom stereocenters. The maximum Gasteiger partial charge on any atom is 0.573 e. The van der Waals surface area contributed by atoms with Crippen LogP contribution in [0.15, 0.2) is 53.5 Å². The molecule has 0 saturated heterocycles. The van der Waals surface area contributed by atoms with Crippen LogP contribution < -0.4 is 15.8 Å². The zero-order valence-corrected chi connectivity index (χ0v) is 17.7. The Morgan fingerprint density at radius 2 is 1.71 bits per heavy atom. The van der Waals surface area contributed by atoms with Crippen LogP contribution >= 0.6 is 24.0 Å². The number of alkyl halides is 3. The third-order valence-corrected chi connectivity index (χ3v) is 3.52. The fraction of sp³-hybridized carbons (Fsp3) is 0.316. The van der Waals surface area contributed by atoms with Crippen molar-refractivity contribution in [3.05, 3.63) is 59.7 Å². The van der Waals surface area contributed by atoms with E-state index in [1.165, 1.54) is 18.2 Å². The number of nitrogens with two attached hydrogens (primary N) is 1. The molecule has 2 rings (SSSR count). The summed E-state index contributed by atoms with van der Waals surface area (Å²) in [6, 6.07) is 13.3. The molecule has 0 aliphatic rings. The smallest absolute Gasteiger partial charge is 0.404 e. The second-order valence-corrected chi connectivity index (χ2v) is 5.69. The van der Waals surface area contributed by atoms with Crippen molar-refractivity contribution in [3.8, 4) is 5.75 Å². The molecule has 5 nitrogen and oxygen atoms in total. The molecule has 28 heavy (non-hydrogen) atoms. The Balaban J connectivity index is 0.00000392. The van der Waals surface area contributed by atoms with Gasteiger partial charge in [0.25, 0.3) is 0 Å². The van der Waals surface area contributed by atoms with E-state index < -0.39 is 6.36 Å². The molecule has 3 N–H and O–H groups in total. The zero-order chi connectivity index (χ0) is 19.7. The normalized spacial score (nSPS) is 11.6. The van der Waals surface area contributed by atoms with E-state index in [9.17, 15) is 13.2 Å². The summed E-state index contributed by atoms with van der Waals surface area (Å²) in [5, 5.41) is 2.65. The lowest BCUT2D eigenvalue weighted by atomic mass is 10.1. The highest BCUT2D eigenvalue weighted by Crippen LogP contribution is 2.29. The van der Waals surface area contributed by atoms with Gasteiger partial charge in [-0.3, -0.25) is 0 Å². The van der Waals surface area contributed by atoms with Gasteiger partial charge in [0.1, 0.15) is 0 Å². The summed E-state index contributed by atoms with van der Waals surface area (Å²) in [6.45, 7) is 3.43. The first-order chi connectivity index (χ1) is 12.9. The zero-order valence-electron chi connectivity index (χ0n) is 15.3. The molecule has 0 spiro atoms. The molecule has 9 heteroatoms. The third-order valence-electron chi connectivity index (χ3n) is 3.52. The highest BCUT2D eigenvalue weighted by Gasteiger charge is 2.32. The van der Waals surface area contributed by atoms with E-state index in [0.717, 1.165) is 17.5 Å². The van der Waals surface area contributed by atoms with E-state index in [4.69, 9.17) is 10.5 Å². The van der Waals surface area contributed by atoms with Gasteiger partial charge in [0, 0.05) is 6.61 Å². The van der Waals surface area contributed by atoms with Gasteiger partial charge in [-0.25, -0.2) is 4.99 Å². The molecule has 0 aromatic heterocycles. The van der Waals surface area contributed by atoms with E-state index >= 15 is 0 Å². The van der Waals surface area contributed by atoms with Crippen molar-refractivity contribution in [1.29, 1.82) is 0 Å². The molecule has 0 saturated carbocycles. The minimum absolute atomic E-state index is 0. The SMILES string of the molecule is CCCOCc1ccccc1CN=C(N)Nc1ccccc1OC(F)(F)F.I. The van der Waals surface area contributed by atoms with Gasteiger partial charge in [-0.05, 0) is 29.7 Å². The molecule has 0 fully saturated rings. The van der Waals surface area contributed by atoms with Crippen molar-refractivity contribution < 1.29 is 22.6 Å². The van der Waals surface area contributed by atoms with Crippen molar-refractivity contribution in [2.24, 2.45) is 10.7 Å². The van der Waals surface area contributed by atoms with Gasteiger partial charge >= 0.3 is 6.36 Å². The molecule has 0 amide bonds. The third kappa shape index (κ3) is 8.34. The lowest BCUT2D eigenvalue weighted by Gasteiger charge is -2.14. The van der Waals surface area contributed by atoms with Gasteiger partial charge in [-0.1, -0.05) is 43.3 Å². The number of nitrogens with zero attached hydrogens (tertiary/aromatic N) is 1. The van der Waals surface area contributed by atoms with Gasteiger partial charge in [-0.2, -0.15) is 0 Å². The molecule has 0 aliphatic carbocycles. The van der Waals surface area contributed by atoms with Crippen LogP contribution in [-0.4, -0.2) is 18.9 Å². The number of aliphatic imine (C=N–C) groups is 1. The van der Waals surface area contributed by atoms with Crippen molar-refractivity contribution in [2.45, 2.75) is 32.9 Å². The summed E-state index contributed by atoms with van der Waals surface area (Å²) in [5.41, 5.74) is 7.83. The number of benzene rings is 2. The Morgan fingerprint density at radius 3 is 2.39 bits per heavy atom. The number of hydrogen-bond acceptors (Lipinski definition) is 3. The van der Waals surface area contributed by atoms with Gasteiger partial charge in [0.05, 0.1) is 18.8 Å². The summed E-state index contributed by atoms with van der Waals surface area (Å²) in [6.07, 6.45) is -3.86. The van der Waals surface area contributed by atoms with Crippen molar-refractivity contribution in [3.63, 3.8) is 0 Å². The lowest BCUT2D eigenvalue weighted by Crippen LogP contribution is -2.24. The molecule has 0 radical (unpaired) electrons. The van der Waals surface area contributed by atoms with Gasteiger partial charge in [-0.15, -0.1) is 37.1 Å². The first-order valence-corrected chi connectivity index (χ1v) is 8.45. The van der Waals surface area contributed by atoms with Crippen LogP contribution in [-0.2, 0) is 17.9 Å². The molecule has 154 valence electrons. The molecular weight excluding hydrogens is 486 g/mol. The Labute approximate surface area is 179 Å². The fourth-order valence-corrected chi connectivity index (χ4v) is 2.31. The highest BCUT2D eigenvalue weighted by atomic mass is 127. The highest BCUT2D eigenvalue weighted by molar-refractivity contribution is 14.0. The van der Waals surface area contributed by atoms with E-state index in [2.05, 4.69) is 15.0 Å². The Kier molecular flexibility index (Phi) is 10.1. The maximum atomic E-state index is 12.5. The van der Waals surface area contributed by atoms with Gasteiger partial charge in [0.15, 0.2) is 11.7 Å². The summed E-state index contributed by atoms with van der Waals surface area (Å²) in [5.74, 6) is -0.394. The van der Waals surface area contributed by atoms with E-state index in [1.54, 1.807) is 6.07 Å². The monoisotopic (exact) mass is 509 g/mol. The number of para-hydroxylation sites is 2. The Hall–Kier alpha value is -2.01. The maximum absolute atomic E-state index is 12.5. The quantitative estimate of drug-likeness (QED) is 0.226. The fourth-order valence-electron chi connectivity index (χ4n) is 2.31. The molecule has 2 aromatic carbocycles. The number of hydrogen-bond donors (Lipinski definition) is 2. The predicted octanol–water partition coefficient (Wildman–Crippen LogP) is 5.06. The van der Waals surface area contributed by atoms with Crippen molar-refractivity contribution >= 4 is 35.6 Å². The first-order valence-electron chi connectivity index (χ1n) is 8.45. The average Bonchev–Trinajstić information content (AvgIpc) is 2.61. The molecule has 2 aromatic rings.